The third-order valence-corrected chi connectivity index (χ3v) is 3.64. The molecular formula is C12H14O2S2. The molecule has 0 aliphatic heterocycles. The highest BCUT2D eigenvalue weighted by atomic mass is 32.2. The van der Waals surface area contributed by atoms with E-state index < -0.39 is 0 Å². The molecule has 0 radical (unpaired) electrons. The van der Waals surface area contributed by atoms with Crippen LogP contribution in [0.25, 0.3) is 0 Å². The Kier molecular flexibility index (Phi) is 5.63. The molecule has 86 valence electrons. The van der Waals surface area contributed by atoms with Crippen LogP contribution < -0.4 is 0 Å². The highest BCUT2D eigenvalue weighted by Gasteiger charge is 2.00. The van der Waals surface area contributed by atoms with Crippen molar-refractivity contribution in [2.24, 2.45) is 0 Å². The molecule has 0 saturated heterocycles. The first-order chi connectivity index (χ1) is 7.58. The Morgan fingerprint density at radius 3 is 1.81 bits per heavy atom. The minimum Gasteiger partial charge on any atom is -0.288 e. The van der Waals surface area contributed by atoms with Gasteiger partial charge in [-0.25, -0.2) is 0 Å². The molecule has 0 aliphatic carbocycles. The van der Waals surface area contributed by atoms with Crippen molar-refractivity contribution in [3.8, 4) is 0 Å². The third-order valence-electron chi connectivity index (χ3n) is 1.88. The van der Waals surface area contributed by atoms with E-state index in [-0.39, 0.29) is 10.2 Å². The Bertz CT molecular complexity index is 355. The third kappa shape index (κ3) is 5.37. The number of hydrogen-bond acceptors (Lipinski definition) is 4. The molecule has 0 saturated carbocycles. The van der Waals surface area contributed by atoms with Crippen LogP contribution in [0, 0.1) is 0 Å². The molecule has 1 aromatic carbocycles. The number of hydrogen-bond donors (Lipinski definition) is 0. The van der Waals surface area contributed by atoms with E-state index in [9.17, 15) is 9.59 Å². The summed E-state index contributed by atoms with van der Waals surface area (Å²) in [5.74, 6) is 1.40. The van der Waals surface area contributed by atoms with E-state index in [0.29, 0.717) is 11.5 Å². The van der Waals surface area contributed by atoms with Gasteiger partial charge in [0.05, 0.1) is 0 Å². The standard InChI is InChI=1S/C12H14O2S2/c1-9(13)15-7-11-4-3-5-12(6-11)8-16-10(2)14/h3-6H,7-8H2,1-2H3. The van der Waals surface area contributed by atoms with Crippen LogP contribution in [-0.4, -0.2) is 10.2 Å². The summed E-state index contributed by atoms with van der Waals surface area (Å²) in [6.07, 6.45) is 0. The van der Waals surface area contributed by atoms with Gasteiger partial charge >= 0.3 is 0 Å². The van der Waals surface area contributed by atoms with Gasteiger partial charge in [-0.2, -0.15) is 0 Å². The van der Waals surface area contributed by atoms with Crippen LogP contribution in [0.1, 0.15) is 25.0 Å². The second-order valence-electron chi connectivity index (χ2n) is 3.38. The largest absolute Gasteiger partial charge is 0.288 e. The van der Waals surface area contributed by atoms with Gasteiger partial charge in [-0.1, -0.05) is 47.8 Å². The van der Waals surface area contributed by atoms with Crippen LogP contribution in [0.4, 0.5) is 0 Å². The average Bonchev–Trinajstić information content (AvgIpc) is 2.24. The molecule has 0 heterocycles. The lowest BCUT2D eigenvalue weighted by molar-refractivity contribution is -0.109. The molecule has 0 fully saturated rings. The van der Waals surface area contributed by atoms with Crippen molar-refractivity contribution in [2.45, 2.75) is 25.4 Å². The Hall–Kier alpha value is -0.740. The van der Waals surface area contributed by atoms with Crippen molar-refractivity contribution in [3.05, 3.63) is 35.4 Å². The first kappa shape index (κ1) is 13.3. The van der Waals surface area contributed by atoms with E-state index in [1.54, 1.807) is 13.8 Å². The molecule has 2 nitrogen and oxygen atoms in total. The Morgan fingerprint density at radius 1 is 1.00 bits per heavy atom. The maximum Gasteiger partial charge on any atom is 0.186 e. The van der Waals surface area contributed by atoms with Crippen molar-refractivity contribution in [1.29, 1.82) is 0 Å². The van der Waals surface area contributed by atoms with Gasteiger partial charge in [0, 0.05) is 25.4 Å². The summed E-state index contributed by atoms with van der Waals surface area (Å²) >= 11 is 2.61. The number of rotatable bonds is 4. The molecule has 4 heteroatoms. The van der Waals surface area contributed by atoms with Crippen molar-refractivity contribution >= 4 is 33.8 Å². The molecular weight excluding hydrogens is 240 g/mol. The van der Waals surface area contributed by atoms with E-state index in [4.69, 9.17) is 0 Å². The van der Waals surface area contributed by atoms with Gasteiger partial charge in [0.25, 0.3) is 0 Å². The summed E-state index contributed by atoms with van der Waals surface area (Å²) < 4.78 is 0. The predicted molar refractivity (Wildman–Crippen MR) is 70.4 cm³/mol. The van der Waals surface area contributed by atoms with E-state index in [2.05, 4.69) is 0 Å². The zero-order valence-electron chi connectivity index (χ0n) is 9.36. The van der Waals surface area contributed by atoms with E-state index in [1.807, 2.05) is 24.3 Å². The SMILES string of the molecule is CC(=O)SCc1cccc(CSC(C)=O)c1. The monoisotopic (exact) mass is 254 g/mol. The highest BCUT2D eigenvalue weighted by molar-refractivity contribution is 8.13. The fraction of sp³-hybridized carbons (Fsp3) is 0.333. The summed E-state index contributed by atoms with van der Waals surface area (Å²) in [6.45, 7) is 3.14. The second kappa shape index (κ2) is 6.76. The van der Waals surface area contributed by atoms with Crippen molar-refractivity contribution in [2.75, 3.05) is 0 Å². The molecule has 0 N–H and O–H groups in total. The Balaban J connectivity index is 2.56. The molecule has 0 unspecified atom stereocenters. The van der Waals surface area contributed by atoms with Crippen molar-refractivity contribution < 1.29 is 9.59 Å². The molecule has 0 spiro atoms. The molecule has 0 atom stereocenters. The fourth-order valence-corrected chi connectivity index (χ4v) is 2.28. The second-order valence-corrected chi connectivity index (χ2v) is 5.68. The quantitative estimate of drug-likeness (QED) is 0.826. The summed E-state index contributed by atoms with van der Waals surface area (Å²) in [5, 5.41) is 0.257. The van der Waals surface area contributed by atoms with E-state index in [0.717, 1.165) is 11.1 Å². The van der Waals surface area contributed by atoms with Gasteiger partial charge in [-0.15, -0.1) is 0 Å². The molecule has 0 amide bonds. The molecule has 1 rings (SSSR count). The van der Waals surface area contributed by atoms with Crippen LogP contribution in [0.5, 0.6) is 0 Å². The zero-order chi connectivity index (χ0) is 12.0. The van der Waals surface area contributed by atoms with Crippen LogP contribution >= 0.6 is 23.5 Å². The molecule has 0 bridgehead atoms. The average molecular weight is 254 g/mol. The maximum absolute atomic E-state index is 10.8. The predicted octanol–water partition coefficient (Wildman–Crippen LogP) is 3.25. The molecule has 0 aliphatic rings. The van der Waals surface area contributed by atoms with Crippen LogP contribution in [0.3, 0.4) is 0 Å². The Morgan fingerprint density at radius 2 is 1.44 bits per heavy atom. The normalized spacial score (nSPS) is 10.1. The van der Waals surface area contributed by atoms with Crippen LogP contribution in [-0.2, 0) is 21.1 Å². The lowest BCUT2D eigenvalue weighted by Gasteiger charge is -2.03. The van der Waals surface area contributed by atoms with Crippen molar-refractivity contribution in [1.82, 2.24) is 0 Å². The van der Waals surface area contributed by atoms with E-state index in [1.165, 1.54) is 23.5 Å². The number of carbonyl (C=O) groups is 2. The summed E-state index contributed by atoms with van der Waals surface area (Å²) in [7, 11) is 0. The number of benzene rings is 1. The van der Waals surface area contributed by atoms with E-state index >= 15 is 0 Å². The zero-order valence-corrected chi connectivity index (χ0v) is 11.0. The van der Waals surface area contributed by atoms with Gasteiger partial charge in [-0.05, 0) is 11.1 Å². The minimum atomic E-state index is 0.128. The first-order valence-electron chi connectivity index (χ1n) is 4.92. The van der Waals surface area contributed by atoms with Crippen LogP contribution in [0.2, 0.25) is 0 Å². The number of carbonyl (C=O) groups excluding carboxylic acids is 2. The van der Waals surface area contributed by atoms with Gasteiger partial charge in [-0.3, -0.25) is 9.59 Å². The van der Waals surface area contributed by atoms with Gasteiger partial charge < -0.3 is 0 Å². The Labute approximate surface area is 104 Å². The topological polar surface area (TPSA) is 34.1 Å². The smallest absolute Gasteiger partial charge is 0.186 e. The summed E-state index contributed by atoms with van der Waals surface area (Å²) in [4.78, 5) is 21.7. The summed E-state index contributed by atoms with van der Waals surface area (Å²) in [5.41, 5.74) is 2.25. The molecule has 16 heavy (non-hydrogen) atoms. The fourth-order valence-electron chi connectivity index (χ4n) is 1.18. The van der Waals surface area contributed by atoms with Gasteiger partial charge in [0.2, 0.25) is 0 Å². The number of thioether (sulfide) groups is 2. The van der Waals surface area contributed by atoms with Crippen LogP contribution in [0.15, 0.2) is 24.3 Å². The summed E-state index contributed by atoms with van der Waals surface area (Å²) in [6, 6.07) is 8.01. The first-order valence-corrected chi connectivity index (χ1v) is 6.89. The minimum absolute atomic E-state index is 0.128. The molecule has 0 aromatic heterocycles. The van der Waals surface area contributed by atoms with Gasteiger partial charge in [0.1, 0.15) is 0 Å². The van der Waals surface area contributed by atoms with Gasteiger partial charge in [0.15, 0.2) is 10.2 Å². The molecule has 1 aromatic rings. The lowest BCUT2D eigenvalue weighted by Crippen LogP contribution is -1.89. The lowest BCUT2D eigenvalue weighted by atomic mass is 10.2. The highest BCUT2D eigenvalue weighted by Crippen LogP contribution is 2.17. The van der Waals surface area contributed by atoms with Crippen molar-refractivity contribution in [3.63, 3.8) is 0 Å². The maximum atomic E-state index is 10.8.